The monoisotopic (exact) mass is 414 g/mol. The zero-order chi connectivity index (χ0) is 19.5. The van der Waals surface area contributed by atoms with Gasteiger partial charge in [0.15, 0.2) is 0 Å². The smallest absolute Gasteiger partial charge is 0.213 e. The van der Waals surface area contributed by atoms with Gasteiger partial charge in [0, 0.05) is 28.1 Å². The summed E-state index contributed by atoms with van der Waals surface area (Å²) in [6, 6.07) is 11.8. The van der Waals surface area contributed by atoms with Crippen LogP contribution in [0.1, 0.15) is 43.3 Å². The fraction of sp³-hybridized carbons (Fsp3) is 0.381. The van der Waals surface area contributed by atoms with Gasteiger partial charge in [-0.15, -0.1) is 22.0 Å². The third kappa shape index (κ3) is 4.03. The number of benzene rings is 1. The summed E-state index contributed by atoms with van der Waals surface area (Å²) in [6.07, 6.45) is 8.07. The van der Waals surface area contributed by atoms with Crippen molar-refractivity contribution >= 4 is 23.4 Å². The Morgan fingerprint density at radius 1 is 1.11 bits per heavy atom. The molecule has 28 heavy (non-hydrogen) atoms. The second-order valence-corrected chi connectivity index (χ2v) is 8.30. The van der Waals surface area contributed by atoms with Crippen LogP contribution in [0.15, 0.2) is 47.5 Å². The zero-order valence-corrected chi connectivity index (χ0v) is 17.6. The standard InChI is InChI=1S/C21H23ClN4OS/c1-14-24-25-21(26(14)18-11-8-16(22)13-19(18)28-2)15-6-9-17(10-7-15)27-20-5-3-4-12-23-20/h3-5,8,11-13,15,17H,6-7,9-10H2,1-2H3. The molecule has 1 aromatic carbocycles. The molecule has 0 aliphatic heterocycles. The lowest BCUT2D eigenvalue weighted by molar-refractivity contribution is 0.139. The summed E-state index contributed by atoms with van der Waals surface area (Å²) < 4.78 is 8.22. The van der Waals surface area contributed by atoms with Crippen LogP contribution >= 0.6 is 23.4 Å². The Bertz CT molecular complexity index is 939. The van der Waals surface area contributed by atoms with Gasteiger partial charge >= 0.3 is 0 Å². The van der Waals surface area contributed by atoms with Crippen molar-refractivity contribution in [2.24, 2.45) is 0 Å². The highest BCUT2D eigenvalue weighted by Gasteiger charge is 2.28. The highest BCUT2D eigenvalue weighted by molar-refractivity contribution is 7.98. The van der Waals surface area contributed by atoms with E-state index in [1.807, 2.05) is 37.3 Å². The first kappa shape index (κ1) is 19.3. The highest BCUT2D eigenvalue weighted by atomic mass is 35.5. The summed E-state index contributed by atoms with van der Waals surface area (Å²) in [7, 11) is 0. The van der Waals surface area contributed by atoms with Crippen molar-refractivity contribution < 1.29 is 4.74 Å². The molecule has 1 fully saturated rings. The average Bonchev–Trinajstić information content (AvgIpc) is 3.10. The number of hydrogen-bond acceptors (Lipinski definition) is 5. The molecule has 0 spiro atoms. The van der Waals surface area contributed by atoms with Crippen LogP contribution in [0, 0.1) is 6.92 Å². The zero-order valence-electron chi connectivity index (χ0n) is 16.0. The predicted molar refractivity (Wildman–Crippen MR) is 113 cm³/mol. The summed E-state index contributed by atoms with van der Waals surface area (Å²) in [5, 5.41) is 9.67. The lowest BCUT2D eigenvalue weighted by atomic mass is 9.86. The maximum absolute atomic E-state index is 6.19. The van der Waals surface area contributed by atoms with Gasteiger partial charge in [-0.05, 0) is 63.1 Å². The molecular formula is C21H23ClN4OS. The summed E-state index contributed by atoms with van der Waals surface area (Å²) >= 11 is 7.88. The first-order valence-corrected chi connectivity index (χ1v) is 11.1. The van der Waals surface area contributed by atoms with Gasteiger partial charge in [-0.25, -0.2) is 4.98 Å². The molecule has 0 unspecified atom stereocenters. The molecule has 3 aromatic rings. The first-order valence-electron chi connectivity index (χ1n) is 9.49. The van der Waals surface area contributed by atoms with Crippen molar-refractivity contribution in [2.45, 2.75) is 49.5 Å². The molecule has 1 aliphatic rings. The molecule has 5 nitrogen and oxygen atoms in total. The van der Waals surface area contributed by atoms with Crippen LogP contribution in [0.5, 0.6) is 5.88 Å². The van der Waals surface area contributed by atoms with Crippen molar-refractivity contribution in [1.82, 2.24) is 19.7 Å². The van der Waals surface area contributed by atoms with Crippen molar-refractivity contribution in [3.8, 4) is 11.6 Å². The number of rotatable bonds is 5. The maximum atomic E-state index is 6.19. The van der Waals surface area contributed by atoms with E-state index < -0.39 is 0 Å². The average molecular weight is 415 g/mol. The number of pyridine rings is 1. The van der Waals surface area contributed by atoms with Crippen LogP contribution in [0.2, 0.25) is 5.02 Å². The first-order chi connectivity index (χ1) is 13.7. The Morgan fingerprint density at radius 3 is 2.64 bits per heavy atom. The van der Waals surface area contributed by atoms with Crippen LogP contribution in [0.25, 0.3) is 5.69 Å². The molecular weight excluding hydrogens is 392 g/mol. The van der Waals surface area contributed by atoms with Crippen molar-refractivity contribution in [1.29, 1.82) is 0 Å². The molecule has 0 atom stereocenters. The minimum absolute atomic E-state index is 0.209. The second kappa shape index (κ2) is 8.53. The Labute approximate surface area is 174 Å². The van der Waals surface area contributed by atoms with E-state index in [0.717, 1.165) is 52.9 Å². The van der Waals surface area contributed by atoms with E-state index in [2.05, 4.69) is 32.1 Å². The molecule has 4 rings (SSSR count). The van der Waals surface area contributed by atoms with Crippen LogP contribution in [-0.4, -0.2) is 32.1 Å². The molecule has 0 amide bonds. The molecule has 1 saturated carbocycles. The van der Waals surface area contributed by atoms with Crippen LogP contribution in [0.3, 0.4) is 0 Å². The molecule has 1 aliphatic carbocycles. The fourth-order valence-corrected chi connectivity index (χ4v) is 4.65. The van der Waals surface area contributed by atoms with E-state index in [1.54, 1.807) is 18.0 Å². The van der Waals surface area contributed by atoms with E-state index in [4.69, 9.17) is 16.3 Å². The number of thioether (sulfide) groups is 1. The number of halogens is 1. The summed E-state index contributed by atoms with van der Waals surface area (Å²) in [5.41, 5.74) is 1.10. The third-order valence-corrected chi connectivity index (χ3v) is 6.20. The third-order valence-electron chi connectivity index (χ3n) is 5.20. The largest absolute Gasteiger partial charge is 0.474 e. The van der Waals surface area contributed by atoms with E-state index in [1.165, 1.54) is 0 Å². The van der Waals surface area contributed by atoms with E-state index in [0.29, 0.717) is 11.8 Å². The number of ether oxygens (including phenoxy) is 1. The lowest BCUT2D eigenvalue weighted by Crippen LogP contribution is -2.25. The Kier molecular flexibility index (Phi) is 5.87. The highest BCUT2D eigenvalue weighted by Crippen LogP contribution is 2.36. The lowest BCUT2D eigenvalue weighted by Gasteiger charge is -2.28. The number of aryl methyl sites for hydroxylation is 1. The van der Waals surface area contributed by atoms with Gasteiger partial charge in [0.1, 0.15) is 17.8 Å². The number of hydrogen-bond donors (Lipinski definition) is 0. The van der Waals surface area contributed by atoms with Crippen LogP contribution in [0.4, 0.5) is 0 Å². The van der Waals surface area contributed by atoms with Gasteiger partial charge in [0.2, 0.25) is 5.88 Å². The van der Waals surface area contributed by atoms with Crippen molar-refractivity contribution in [3.05, 3.63) is 59.3 Å². The van der Waals surface area contributed by atoms with Gasteiger partial charge in [0.05, 0.1) is 5.69 Å². The molecule has 7 heteroatoms. The summed E-state index contributed by atoms with van der Waals surface area (Å²) in [5.74, 6) is 3.01. The normalized spacial score (nSPS) is 19.5. The van der Waals surface area contributed by atoms with Gasteiger partial charge in [-0.3, -0.25) is 4.57 Å². The van der Waals surface area contributed by atoms with Gasteiger partial charge < -0.3 is 4.74 Å². The molecule has 0 saturated heterocycles. The summed E-state index contributed by atoms with van der Waals surface area (Å²) in [4.78, 5) is 5.40. The van der Waals surface area contributed by atoms with Crippen molar-refractivity contribution in [3.63, 3.8) is 0 Å². The van der Waals surface area contributed by atoms with Gasteiger partial charge in [-0.2, -0.15) is 0 Å². The summed E-state index contributed by atoms with van der Waals surface area (Å²) in [6.45, 7) is 2.00. The maximum Gasteiger partial charge on any atom is 0.213 e. The molecule has 146 valence electrons. The van der Waals surface area contributed by atoms with Gasteiger partial charge in [-0.1, -0.05) is 17.7 Å². The Balaban J connectivity index is 1.53. The molecule has 0 N–H and O–H groups in total. The van der Waals surface area contributed by atoms with E-state index in [-0.39, 0.29) is 6.10 Å². The minimum Gasteiger partial charge on any atom is -0.474 e. The Morgan fingerprint density at radius 2 is 1.93 bits per heavy atom. The predicted octanol–water partition coefficient (Wildman–Crippen LogP) is 5.45. The van der Waals surface area contributed by atoms with Crippen LogP contribution in [-0.2, 0) is 0 Å². The number of nitrogens with zero attached hydrogens (tertiary/aromatic N) is 4. The topological polar surface area (TPSA) is 52.8 Å². The molecule has 2 aromatic heterocycles. The number of aromatic nitrogens is 4. The molecule has 0 radical (unpaired) electrons. The van der Waals surface area contributed by atoms with E-state index in [9.17, 15) is 0 Å². The molecule has 0 bridgehead atoms. The van der Waals surface area contributed by atoms with Crippen LogP contribution < -0.4 is 4.74 Å². The van der Waals surface area contributed by atoms with Crippen molar-refractivity contribution in [2.75, 3.05) is 6.26 Å². The quantitative estimate of drug-likeness (QED) is 0.519. The molecule has 2 heterocycles. The minimum atomic E-state index is 0.209. The van der Waals surface area contributed by atoms with E-state index >= 15 is 0 Å². The fourth-order valence-electron chi connectivity index (χ4n) is 3.80. The van der Waals surface area contributed by atoms with Gasteiger partial charge in [0.25, 0.3) is 0 Å². The second-order valence-electron chi connectivity index (χ2n) is 7.02. The Hall–Kier alpha value is -2.05. The SMILES string of the molecule is CSc1cc(Cl)ccc1-n1c(C)nnc1C1CCC(Oc2ccccn2)CC1.